The molecule has 0 saturated heterocycles. The molecule has 0 spiro atoms. The molecule has 38 heavy (non-hydrogen) atoms. The number of aromatic nitrogens is 1. The second kappa shape index (κ2) is 10.4. The fourth-order valence-corrected chi connectivity index (χ4v) is 4.84. The van der Waals surface area contributed by atoms with Gasteiger partial charge in [0.25, 0.3) is 5.91 Å². The summed E-state index contributed by atoms with van der Waals surface area (Å²) in [6, 6.07) is 1.16. The van der Waals surface area contributed by atoms with Crippen LogP contribution in [0.15, 0.2) is 12.3 Å². The summed E-state index contributed by atoms with van der Waals surface area (Å²) in [6.45, 7) is 0.358. The third-order valence-electron chi connectivity index (χ3n) is 6.38. The van der Waals surface area contributed by atoms with E-state index in [0.29, 0.717) is 29.0 Å². The lowest BCUT2D eigenvalue weighted by Gasteiger charge is -2.27. The predicted molar refractivity (Wildman–Crippen MR) is 128 cm³/mol. The molecule has 1 aliphatic heterocycles. The zero-order chi connectivity index (χ0) is 28.5. The van der Waals surface area contributed by atoms with Crippen molar-refractivity contribution in [3.05, 3.63) is 23.5 Å². The lowest BCUT2D eigenvalue weighted by molar-refractivity contribution is -0.131. The standard InChI is InChI=1S/C21H25N4O11PS/c1-20(17(26)22-30,38(2,34)35)9-10-23-13-16-11-15(12-24(16)18(23)27)5-3-4-6-21(7-8-21)25(19(28)29)14-36-37(31,32)33/h11-12,30H,7-10,13-14H2,1-2H3,(H,22,26)(H,28,29)(H2,31,32,33). The number of phosphoric ester groups is 1. The Hall–Kier alpha value is -3.37. The number of fused-ring (bicyclic) bond motifs is 1. The molecule has 1 saturated carbocycles. The fraction of sp³-hybridized carbons (Fsp3) is 0.476. The second-order valence-corrected chi connectivity index (χ2v) is 12.7. The molecule has 3 rings (SSSR count). The first-order valence-electron chi connectivity index (χ1n) is 10.9. The van der Waals surface area contributed by atoms with Gasteiger partial charge in [-0.05, 0) is 44.1 Å². The lowest BCUT2D eigenvalue weighted by atomic mass is 10.1. The van der Waals surface area contributed by atoms with Crippen LogP contribution in [-0.2, 0) is 30.3 Å². The molecular weight excluding hydrogens is 547 g/mol. The van der Waals surface area contributed by atoms with Gasteiger partial charge in [0.2, 0.25) is 0 Å². The number of hydrogen-bond donors (Lipinski definition) is 5. The molecule has 1 unspecified atom stereocenters. The zero-order valence-electron chi connectivity index (χ0n) is 20.2. The Morgan fingerprint density at radius 3 is 2.47 bits per heavy atom. The largest absolute Gasteiger partial charge is 0.471 e. The van der Waals surface area contributed by atoms with Crippen molar-refractivity contribution in [3.63, 3.8) is 0 Å². The number of carbonyl (C=O) groups is 3. The van der Waals surface area contributed by atoms with Gasteiger partial charge in [0, 0.05) is 30.3 Å². The van der Waals surface area contributed by atoms with Crippen LogP contribution in [0.3, 0.4) is 0 Å². The molecule has 17 heteroatoms. The van der Waals surface area contributed by atoms with Crippen LogP contribution >= 0.6 is 7.82 Å². The Kier molecular flexibility index (Phi) is 8.00. The van der Waals surface area contributed by atoms with Gasteiger partial charge in [-0.1, -0.05) is 11.8 Å². The number of rotatable bonds is 9. The molecule has 1 fully saturated rings. The number of nitrogens with one attached hydrogen (secondary N) is 1. The highest BCUT2D eigenvalue weighted by Gasteiger charge is 2.50. The second-order valence-electron chi connectivity index (χ2n) is 8.98. The average Bonchev–Trinajstić information content (AvgIpc) is 3.38. The summed E-state index contributed by atoms with van der Waals surface area (Å²) < 4.78 is 38.8. The molecule has 1 aromatic rings. The van der Waals surface area contributed by atoms with Crippen LogP contribution in [-0.4, -0.2) is 90.7 Å². The van der Waals surface area contributed by atoms with Gasteiger partial charge in [0.15, 0.2) is 14.6 Å². The third-order valence-corrected chi connectivity index (χ3v) is 8.86. The summed E-state index contributed by atoms with van der Waals surface area (Å²) in [4.78, 5) is 55.9. The van der Waals surface area contributed by atoms with Crippen molar-refractivity contribution in [2.24, 2.45) is 0 Å². The minimum absolute atomic E-state index is 0.0715. The van der Waals surface area contributed by atoms with Gasteiger partial charge in [-0.15, -0.1) is 0 Å². The molecule has 1 aliphatic carbocycles. The highest BCUT2D eigenvalue weighted by Crippen LogP contribution is 2.43. The highest BCUT2D eigenvalue weighted by atomic mass is 32.2. The van der Waals surface area contributed by atoms with Crippen molar-refractivity contribution in [2.75, 3.05) is 19.5 Å². The van der Waals surface area contributed by atoms with Gasteiger partial charge in [-0.25, -0.2) is 28.1 Å². The van der Waals surface area contributed by atoms with Gasteiger partial charge in [-0.2, -0.15) is 0 Å². The van der Waals surface area contributed by atoms with Crippen LogP contribution in [0.2, 0.25) is 0 Å². The van der Waals surface area contributed by atoms with Crippen molar-refractivity contribution >= 4 is 35.7 Å². The van der Waals surface area contributed by atoms with Gasteiger partial charge in [0.05, 0.1) is 6.54 Å². The quantitative estimate of drug-likeness (QED) is 0.0866. The van der Waals surface area contributed by atoms with E-state index in [0.717, 1.165) is 13.2 Å². The summed E-state index contributed by atoms with van der Waals surface area (Å²) in [6.07, 6.45) is 1.28. The predicted octanol–water partition coefficient (Wildman–Crippen LogP) is -0.0951. The summed E-state index contributed by atoms with van der Waals surface area (Å²) in [5, 5.41) is 18.3. The van der Waals surface area contributed by atoms with Gasteiger partial charge in [0.1, 0.15) is 12.3 Å². The fourth-order valence-electron chi connectivity index (χ4n) is 3.73. The van der Waals surface area contributed by atoms with E-state index in [9.17, 15) is 32.5 Å². The third kappa shape index (κ3) is 6.19. The summed E-state index contributed by atoms with van der Waals surface area (Å²) in [5.74, 6) is 9.42. The molecule has 1 atom stereocenters. The molecule has 0 bridgehead atoms. The molecule has 2 heterocycles. The summed E-state index contributed by atoms with van der Waals surface area (Å²) in [5.41, 5.74) is 1.19. The Labute approximate surface area is 217 Å². The van der Waals surface area contributed by atoms with Gasteiger partial charge >= 0.3 is 19.9 Å². The topological polar surface area (TPSA) is 216 Å². The van der Waals surface area contributed by atoms with E-state index in [4.69, 9.17) is 15.0 Å². The number of nitrogens with zero attached hydrogens (tertiary/aromatic N) is 3. The monoisotopic (exact) mass is 572 g/mol. The molecule has 0 radical (unpaired) electrons. The first-order chi connectivity index (χ1) is 17.5. The van der Waals surface area contributed by atoms with Gasteiger partial charge in [-0.3, -0.25) is 24.0 Å². The molecule has 206 valence electrons. The van der Waals surface area contributed by atoms with Crippen molar-refractivity contribution in [1.82, 2.24) is 19.8 Å². The minimum atomic E-state index is -4.88. The zero-order valence-corrected chi connectivity index (χ0v) is 22.0. The summed E-state index contributed by atoms with van der Waals surface area (Å²) >= 11 is 0. The van der Waals surface area contributed by atoms with Crippen molar-refractivity contribution in [1.29, 1.82) is 0 Å². The average molecular weight is 572 g/mol. The van der Waals surface area contributed by atoms with Crippen LogP contribution in [0.5, 0.6) is 0 Å². The number of phosphoric acid groups is 1. The maximum Gasteiger partial charge on any atom is 0.471 e. The molecule has 5 N–H and O–H groups in total. The maximum absolute atomic E-state index is 12.7. The smallest absolute Gasteiger partial charge is 0.465 e. The van der Waals surface area contributed by atoms with E-state index >= 15 is 0 Å². The molecule has 15 nitrogen and oxygen atoms in total. The Bertz CT molecular complexity index is 1440. The minimum Gasteiger partial charge on any atom is -0.465 e. The van der Waals surface area contributed by atoms with Crippen molar-refractivity contribution < 1.29 is 52.0 Å². The van der Waals surface area contributed by atoms with Gasteiger partial charge < -0.3 is 19.8 Å². The number of hydroxylamine groups is 1. The van der Waals surface area contributed by atoms with Crippen LogP contribution in [0.25, 0.3) is 0 Å². The first kappa shape index (κ1) is 29.2. The molecule has 0 aromatic carbocycles. The first-order valence-corrected chi connectivity index (χ1v) is 14.3. The van der Waals surface area contributed by atoms with Crippen molar-refractivity contribution in [2.45, 2.75) is 43.0 Å². The van der Waals surface area contributed by atoms with E-state index < -0.39 is 52.7 Å². The molecule has 2 aliphatic rings. The number of hydrogen-bond acceptors (Lipinski definition) is 8. The van der Waals surface area contributed by atoms with Crippen LogP contribution < -0.4 is 5.48 Å². The Balaban J connectivity index is 1.66. The highest BCUT2D eigenvalue weighted by molar-refractivity contribution is 7.92. The number of carboxylic acid groups (broad SMARTS) is 1. The van der Waals surface area contributed by atoms with E-state index in [-0.39, 0.29) is 19.5 Å². The van der Waals surface area contributed by atoms with Crippen LogP contribution in [0.4, 0.5) is 9.59 Å². The van der Waals surface area contributed by atoms with E-state index in [1.165, 1.54) is 21.1 Å². The molecule has 1 aromatic heterocycles. The lowest BCUT2D eigenvalue weighted by Crippen LogP contribution is -2.50. The molecule has 3 amide bonds. The Morgan fingerprint density at radius 2 is 1.97 bits per heavy atom. The van der Waals surface area contributed by atoms with E-state index in [1.54, 1.807) is 6.07 Å². The number of carbonyl (C=O) groups excluding carboxylic acids is 2. The SMILES string of the molecule is CC(CCN1Cc2cc(C#CC#CC3(N(COP(=O)(O)O)C(=O)O)CC3)cn2C1=O)(C(=O)NO)S(C)(=O)=O. The van der Waals surface area contributed by atoms with E-state index in [2.05, 4.69) is 28.2 Å². The number of amides is 3. The maximum atomic E-state index is 12.7. The van der Waals surface area contributed by atoms with Crippen LogP contribution in [0.1, 0.15) is 37.4 Å². The van der Waals surface area contributed by atoms with E-state index in [1.807, 2.05) is 0 Å². The Morgan fingerprint density at radius 1 is 1.32 bits per heavy atom. The van der Waals surface area contributed by atoms with Crippen LogP contribution in [0, 0.1) is 23.7 Å². The molecular formula is C21H25N4O11PS. The number of sulfone groups is 1. The normalized spacial score (nSPS) is 17.3. The van der Waals surface area contributed by atoms with Crippen molar-refractivity contribution in [3.8, 4) is 23.7 Å². The summed E-state index contributed by atoms with van der Waals surface area (Å²) in [7, 11) is -8.79.